The second kappa shape index (κ2) is 6.95. The Morgan fingerprint density at radius 1 is 1.21 bits per heavy atom. The van der Waals surface area contributed by atoms with Gasteiger partial charge in [-0.1, -0.05) is 44.9 Å². The summed E-state index contributed by atoms with van der Waals surface area (Å²) in [5.41, 5.74) is 0.457. The Hall–Kier alpha value is -1.02. The number of para-hydroxylation sites is 1. The van der Waals surface area contributed by atoms with Crippen molar-refractivity contribution in [3.8, 4) is 5.75 Å². The summed E-state index contributed by atoms with van der Waals surface area (Å²) < 4.78 is 5.71. The minimum absolute atomic E-state index is 0.457. The van der Waals surface area contributed by atoms with Crippen LogP contribution in [0.1, 0.15) is 46.0 Å². The first-order valence-electron chi connectivity index (χ1n) is 7.60. The van der Waals surface area contributed by atoms with E-state index in [1.54, 1.807) is 0 Å². The number of ether oxygens (including phenoxy) is 1. The van der Waals surface area contributed by atoms with Crippen LogP contribution in [0.4, 0.5) is 0 Å². The van der Waals surface area contributed by atoms with E-state index in [4.69, 9.17) is 4.74 Å². The van der Waals surface area contributed by atoms with E-state index in [1.807, 2.05) is 30.3 Å². The predicted octanol–water partition coefficient (Wildman–Crippen LogP) is 4.01. The molecular formula is C17H27NO. The molecule has 0 bridgehead atoms. The van der Waals surface area contributed by atoms with Gasteiger partial charge in [0, 0.05) is 6.04 Å². The van der Waals surface area contributed by atoms with E-state index in [-0.39, 0.29) is 0 Å². The van der Waals surface area contributed by atoms with Crippen molar-refractivity contribution in [3.63, 3.8) is 0 Å². The Morgan fingerprint density at radius 2 is 2.00 bits per heavy atom. The lowest BCUT2D eigenvalue weighted by molar-refractivity contribution is 0.165. The second-order valence-corrected chi connectivity index (χ2v) is 6.26. The summed E-state index contributed by atoms with van der Waals surface area (Å²) in [5.74, 6) is 0.973. The maximum Gasteiger partial charge on any atom is 0.119 e. The zero-order chi connectivity index (χ0) is 13.6. The summed E-state index contributed by atoms with van der Waals surface area (Å²) in [6, 6.07) is 10.7. The molecule has 1 aliphatic carbocycles. The van der Waals surface area contributed by atoms with Gasteiger partial charge in [-0.05, 0) is 43.4 Å². The lowest BCUT2D eigenvalue weighted by Gasteiger charge is -2.39. The molecule has 1 aromatic carbocycles. The van der Waals surface area contributed by atoms with Gasteiger partial charge in [-0.25, -0.2) is 0 Å². The SMILES string of the molecule is CC1(C)CCCCC1NCCCOc1ccccc1. The van der Waals surface area contributed by atoms with Crippen molar-refractivity contribution < 1.29 is 4.74 Å². The Kier molecular flexibility index (Phi) is 5.26. The van der Waals surface area contributed by atoms with Gasteiger partial charge < -0.3 is 10.1 Å². The molecule has 0 radical (unpaired) electrons. The van der Waals surface area contributed by atoms with Gasteiger partial charge in [-0.15, -0.1) is 0 Å². The molecule has 19 heavy (non-hydrogen) atoms. The van der Waals surface area contributed by atoms with Crippen molar-refractivity contribution in [1.82, 2.24) is 5.32 Å². The number of benzene rings is 1. The molecule has 1 aromatic rings. The summed E-state index contributed by atoms with van der Waals surface area (Å²) in [6.07, 6.45) is 6.52. The maximum atomic E-state index is 5.71. The highest BCUT2D eigenvalue weighted by Gasteiger charge is 2.31. The molecule has 0 saturated heterocycles. The Bertz CT molecular complexity index is 361. The third-order valence-corrected chi connectivity index (χ3v) is 4.23. The molecule has 0 aromatic heterocycles. The van der Waals surface area contributed by atoms with E-state index in [1.165, 1.54) is 25.7 Å². The Morgan fingerprint density at radius 3 is 2.74 bits per heavy atom. The van der Waals surface area contributed by atoms with E-state index < -0.39 is 0 Å². The number of hydrogen-bond donors (Lipinski definition) is 1. The average molecular weight is 261 g/mol. The van der Waals surface area contributed by atoms with Crippen LogP contribution >= 0.6 is 0 Å². The average Bonchev–Trinajstić information content (AvgIpc) is 2.41. The van der Waals surface area contributed by atoms with Crippen molar-refractivity contribution >= 4 is 0 Å². The van der Waals surface area contributed by atoms with Gasteiger partial charge in [-0.3, -0.25) is 0 Å². The minimum Gasteiger partial charge on any atom is -0.494 e. The lowest BCUT2D eigenvalue weighted by atomic mass is 9.73. The van der Waals surface area contributed by atoms with Crippen molar-refractivity contribution in [2.75, 3.05) is 13.2 Å². The fraction of sp³-hybridized carbons (Fsp3) is 0.647. The van der Waals surface area contributed by atoms with Gasteiger partial charge >= 0.3 is 0 Å². The maximum absolute atomic E-state index is 5.71. The zero-order valence-electron chi connectivity index (χ0n) is 12.3. The highest BCUT2D eigenvalue weighted by molar-refractivity contribution is 5.20. The highest BCUT2D eigenvalue weighted by atomic mass is 16.5. The largest absolute Gasteiger partial charge is 0.494 e. The molecule has 1 aliphatic rings. The van der Waals surface area contributed by atoms with Crippen molar-refractivity contribution in [1.29, 1.82) is 0 Å². The zero-order valence-corrected chi connectivity index (χ0v) is 12.3. The minimum atomic E-state index is 0.457. The van der Waals surface area contributed by atoms with Crippen LogP contribution in [-0.4, -0.2) is 19.2 Å². The van der Waals surface area contributed by atoms with E-state index >= 15 is 0 Å². The first-order chi connectivity index (χ1) is 9.18. The standard InChI is InChI=1S/C17H27NO/c1-17(2)12-7-6-11-16(17)18-13-8-14-19-15-9-4-3-5-10-15/h3-5,9-10,16,18H,6-8,11-14H2,1-2H3. The van der Waals surface area contributed by atoms with Crippen molar-refractivity contribution in [2.24, 2.45) is 5.41 Å². The smallest absolute Gasteiger partial charge is 0.119 e. The summed E-state index contributed by atoms with van der Waals surface area (Å²) in [5, 5.41) is 3.72. The second-order valence-electron chi connectivity index (χ2n) is 6.26. The first kappa shape index (κ1) is 14.4. The van der Waals surface area contributed by atoms with Crippen molar-refractivity contribution in [2.45, 2.75) is 52.0 Å². The molecule has 1 unspecified atom stereocenters. The van der Waals surface area contributed by atoms with Crippen LogP contribution in [0, 0.1) is 5.41 Å². The van der Waals surface area contributed by atoms with Crippen LogP contribution in [0.5, 0.6) is 5.75 Å². The topological polar surface area (TPSA) is 21.3 Å². The fourth-order valence-electron chi connectivity index (χ4n) is 2.93. The van der Waals surface area contributed by atoms with Crippen LogP contribution in [0.25, 0.3) is 0 Å². The van der Waals surface area contributed by atoms with Gasteiger partial charge in [0.05, 0.1) is 6.61 Å². The van der Waals surface area contributed by atoms with Crippen LogP contribution in [0.15, 0.2) is 30.3 Å². The number of nitrogens with one attached hydrogen (secondary N) is 1. The molecule has 1 atom stereocenters. The number of hydrogen-bond acceptors (Lipinski definition) is 2. The fourth-order valence-corrected chi connectivity index (χ4v) is 2.93. The predicted molar refractivity (Wildman–Crippen MR) is 80.6 cm³/mol. The van der Waals surface area contributed by atoms with Gasteiger partial charge in [0.15, 0.2) is 0 Å². The third kappa shape index (κ3) is 4.54. The molecule has 1 fully saturated rings. The van der Waals surface area contributed by atoms with Crippen LogP contribution in [0.2, 0.25) is 0 Å². The molecule has 1 saturated carbocycles. The number of rotatable bonds is 6. The summed E-state index contributed by atoms with van der Waals surface area (Å²) in [4.78, 5) is 0. The molecule has 0 amide bonds. The van der Waals surface area contributed by atoms with E-state index in [0.717, 1.165) is 25.3 Å². The van der Waals surface area contributed by atoms with E-state index in [9.17, 15) is 0 Å². The molecule has 2 rings (SSSR count). The monoisotopic (exact) mass is 261 g/mol. The van der Waals surface area contributed by atoms with Crippen LogP contribution < -0.4 is 10.1 Å². The third-order valence-electron chi connectivity index (χ3n) is 4.23. The highest BCUT2D eigenvalue weighted by Crippen LogP contribution is 2.35. The van der Waals surface area contributed by atoms with Gasteiger partial charge in [0.2, 0.25) is 0 Å². The first-order valence-corrected chi connectivity index (χ1v) is 7.60. The van der Waals surface area contributed by atoms with E-state index in [0.29, 0.717) is 11.5 Å². The van der Waals surface area contributed by atoms with Crippen molar-refractivity contribution in [3.05, 3.63) is 30.3 Å². The molecular weight excluding hydrogens is 234 g/mol. The van der Waals surface area contributed by atoms with Gasteiger partial charge in [0.1, 0.15) is 5.75 Å². The molecule has 0 spiro atoms. The van der Waals surface area contributed by atoms with Gasteiger partial charge in [-0.2, -0.15) is 0 Å². The molecule has 1 N–H and O–H groups in total. The van der Waals surface area contributed by atoms with Crippen LogP contribution in [-0.2, 0) is 0 Å². The summed E-state index contributed by atoms with van der Waals surface area (Å²) >= 11 is 0. The summed E-state index contributed by atoms with van der Waals surface area (Å²) in [7, 11) is 0. The summed E-state index contributed by atoms with van der Waals surface area (Å²) in [6.45, 7) is 6.64. The van der Waals surface area contributed by atoms with Crippen LogP contribution in [0.3, 0.4) is 0 Å². The molecule has 2 nitrogen and oxygen atoms in total. The Balaban J connectivity index is 1.61. The van der Waals surface area contributed by atoms with E-state index in [2.05, 4.69) is 19.2 Å². The molecule has 106 valence electrons. The quantitative estimate of drug-likeness (QED) is 0.781. The Labute approximate surface area is 117 Å². The molecule has 2 heteroatoms. The lowest BCUT2D eigenvalue weighted by Crippen LogP contribution is -2.44. The molecule has 0 heterocycles. The normalized spacial score (nSPS) is 22.1. The molecule has 0 aliphatic heterocycles. The van der Waals surface area contributed by atoms with Gasteiger partial charge in [0.25, 0.3) is 0 Å².